The number of benzene rings is 2. The molecule has 0 fully saturated rings. The smallest absolute Gasteiger partial charge is 0.338 e. The Hall–Kier alpha value is -2.91. The van der Waals surface area contributed by atoms with Crippen LogP contribution >= 0.6 is 23.1 Å². The van der Waals surface area contributed by atoms with Gasteiger partial charge in [0, 0.05) is 12.8 Å². The number of ether oxygens (including phenoxy) is 1. The van der Waals surface area contributed by atoms with Gasteiger partial charge < -0.3 is 10.1 Å². The Morgan fingerprint density at radius 3 is 2.55 bits per heavy atom. The monoisotopic (exact) mass is 429 g/mol. The van der Waals surface area contributed by atoms with Gasteiger partial charge in [0.25, 0.3) is 5.91 Å². The van der Waals surface area contributed by atoms with Gasteiger partial charge >= 0.3 is 12.0 Å². The standard InChI is InChI=1S/C20H19N3O4S2/c1-12(17(24)23-19(26)21-2)27-18(25)14-9-7-13(8-10-14)11-28-20-22-15-5-3-4-6-16(15)29-20/h3-10,12H,11H2,1-2H3,(H2,21,23,24,26). The van der Waals surface area contributed by atoms with Crippen molar-refractivity contribution in [3.05, 3.63) is 59.7 Å². The third kappa shape index (κ3) is 5.55. The molecular formula is C20H19N3O4S2. The summed E-state index contributed by atoms with van der Waals surface area (Å²) in [4.78, 5) is 39.7. The van der Waals surface area contributed by atoms with Gasteiger partial charge in [0.2, 0.25) is 0 Å². The number of nitrogens with one attached hydrogen (secondary N) is 2. The molecule has 0 bridgehead atoms. The molecule has 2 aromatic carbocycles. The van der Waals surface area contributed by atoms with E-state index in [1.54, 1.807) is 35.2 Å². The fraction of sp³-hybridized carbons (Fsp3) is 0.200. The average Bonchev–Trinajstić information content (AvgIpc) is 3.15. The number of hydrogen-bond donors (Lipinski definition) is 2. The molecule has 0 saturated heterocycles. The molecule has 3 amide bonds. The third-order valence-corrected chi connectivity index (χ3v) is 6.19. The van der Waals surface area contributed by atoms with Gasteiger partial charge in [-0.1, -0.05) is 36.0 Å². The lowest BCUT2D eigenvalue weighted by atomic mass is 10.1. The molecule has 0 spiro atoms. The Labute approximate surface area is 175 Å². The Balaban J connectivity index is 1.54. The number of amides is 3. The Kier molecular flexibility index (Phi) is 6.84. The molecule has 150 valence electrons. The number of thioether (sulfide) groups is 1. The van der Waals surface area contributed by atoms with E-state index >= 15 is 0 Å². The highest BCUT2D eigenvalue weighted by Crippen LogP contribution is 2.31. The summed E-state index contributed by atoms with van der Waals surface area (Å²) in [5, 5.41) is 4.32. The van der Waals surface area contributed by atoms with Crippen molar-refractivity contribution in [2.75, 3.05) is 7.05 Å². The lowest BCUT2D eigenvalue weighted by Gasteiger charge is -2.12. The highest BCUT2D eigenvalue weighted by molar-refractivity contribution is 8.00. The van der Waals surface area contributed by atoms with E-state index in [0.717, 1.165) is 25.9 Å². The van der Waals surface area contributed by atoms with Gasteiger partial charge in [0.05, 0.1) is 15.8 Å². The van der Waals surface area contributed by atoms with Crippen LogP contribution < -0.4 is 10.6 Å². The highest BCUT2D eigenvalue weighted by atomic mass is 32.2. The van der Waals surface area contributed by atoms with Gasteiger partial charge in [-0.05, 0) is 36.8 Å². The number of rotatable bonds is 6. The number of para-hydroxylation sites is 1. The zero-order chi connectivity index (χ0) is 20.8. The number of hydrogen-bond acceptors (Lipinski definition) is 7. The summed E-state index contributed by atoms with van der Waals surface area (Å²) in [7, 11) is 1.38. The van der Waals surface area contributed by atoms with Gasteiger partial charge in [-0.2, -0.15) is 0 Å². The highest BCUT2D eigenvalue weighted by Gasteiger charge is 2.20. The van der Waals surface area contributed by atoms with Crippen LogP contribution in [0.15, 0.2) is 52.9 Å². The molecule has 29 heavy (non-hydrogen) atoms. The number of urea groups is 1. The summed E-state index contributed by atoms with van der Waals surface area (Å²) in [6, 6.07) is 14.3. The number of imide groups is 1. The SMILES string of the molecule is CNC(=O)NC(=O)C(C)OC(=O)c1ccc(CSc2nc3ccccc3s2)cc1. The van der Waals surface area contributed by atoms with Crippen molar-refractivity contribution in [1.29, 1.82) is 0 Å². The molecule has 0 aliphatic heterocycles. The van der Waals surface area contributed by atoms with Gasteiger partial charge in [0.1, 0.15) is 0 Å². The number of thiazole rings is 1. The van der Waals surface area contributed by atoms with E-state index in [1.165, 1.54) is 14.0 Å². The van der Waals surface area contributed by atoms with E-state index in [9.17, 15) is 14.4 Å². The largest absolute Gasteiger partial charge is 0.449 e. The van der Waals surface area contributed by atoms with Crippen molar-refractivity contribution in [2.24, 2.45) is 0 Å². The summed E-state index contributed by atoms with van der Waals surface area (Å²) in [5.74, 6) is -0.600. The Morgan fingerprint density at radius 2 is 1.86 bits per heavy atom. The van der Waals surface area contributed by atoms with Crippen LogP contribution in [0.25, 0.3) is 10.2 Å². The van der Waals surface area contributed by atoms with Gasteiger partial charge in [-0.3, -0.25) is 10.1 Å². The molecule has 3 rings (SSSR count). The summed E-state index contributed by atoms with van der Waals surface area (Å²) < 4.78 is 7.25. The number of carbonyl (C=O) groups excluding carboxylic acids is 3. The molecule has 1 unspecified atom stereocenters. The van der Waals surface area contributed by atoms with Crippen molar-refractivity contribution < 1.29 is 19.1 Å². The number of esters is 1. The van der Waals surface area contributed by atoms with Crippen molar-refractivity contribution in [3.8, 4) is 0 Å². The van der Waals surface area contributed by atoms with E-state index in [0.29, 0.717) is 5.56 Å². The van der Waals surface area contributed by atoms with E-state index in [1.807, 2.05) is 36.4 Å². The molecule has 0 radical (unpaired) electrons. The van der Waals surface area contributed by atoms with E-state index < -0.39 is 24.0 Å². The summed E-state index contributed by atoms with van der Waals surface area (Å²) in [6.07, 6.45) is -1.09. The zero-order valence-corrected chi connectivity index (χ0v) is 17.4. The maximum absolute atomic E-state index is 12.2. The van der Waals surface area contributed by atoms with Crippen LogP contribution in [0, 0.1) is 0 Å². The zero-order valence-electron chi connectivity index (χ0n) is 15.8. The molecule has 1 heterocycles. The molecule has 0 aliphatic rings. The van der Waals surface area contributed by atoms with Gasteiger partial charge in [-0.25, -0.2) is 14.6 Å². The van der Waals surface area contributed by atoms with Crippen LogP contribution in [0.5, 0.6) is 0 Å². The van der Waals surface area contributed by atoms with Crippen LogP contribution in [0.2, 0.25) is 0 Å². The number of nitrogens with zero attached hydrogens (tertiary/aromatic N) is 1. The maximum Gasteiger partial charge on any atom is 0.338 e. The first-order valence-electron chi connectivity index (χ1n) is 8.77. The molecule has 9 heteroatoms. The second kappa shape index (κ2) is 9.53. The second-order valence-electron chi connectivity index (χ2n) is 6.05. The normalized spacial score (nSPS) is 11.7. The minimum absolute atomic E-state index is 0.332. The Bertz CT molecular complexity index is 1000. The van der Waals surface area contributed by atoms with Gasteiger partial charge in [-0.15, -0.1) is 11.3 Å². The molecular weight excluding hydrogens is 410 g/mol. The molecule has 0 saturated carbocycles. The van der Waals surface area contributed by atoms with Crippen LogP contribution in [0.3, 0.4) is 0 Å². The number of aromatic nitrogens is 1. The summed E-state index contributed by atoms with van der Waals surface area (Å²) in [6.45, 7) is 1.40. The molecule has 2 N–H and O–H groups in total. The molecule has 3 aromatic rings. The minimum Gasteiger partial charge on any atom is -0.449 e. The van der Waals surface area contributed by atoms with Crippen LogP contribution in [0.4, 0.5) is 4.79 Å². The minimum atomic E-state index is -1.09. The molecule has 7 nitrogen and oxygen atoms in total. The van der Waals surface area contributed by atoms with Crippen molar-refractivity contribution >= 4 is 51.2 Å². The summed E-state index contributed by atoms with van der Waals surface area (Å²) in [5.41, 5.74) is 2.36. The summed E-state index contributed by atoms with van der Waals surface area (Å²) >= 11 is 3.29. The van der Waals surface area contributed by atoms with E-state index in [4.69, 9.17) is 4.74 Å². The fourth-order valence-electron chi connectivity index (χ4n) is 2.35. The average molecular weight is 430 g/mol. The van der Waals surface area contributed by atoms with Crippen LogP contribution in [0.1, 0.15) is 22.8 Å². The first-order valence-corrected chi connectivity index (χ1v) is 10.6. The van der Waals surface area contributed by atoms with Crippen molar-refractivity contribution in [1.82, 2.24) is 15.6 Å². The molecule has 1 aromatic heterocycles. The maximum atomic E-state index is 12.2. The lowest BCUT2D eigenvalue weighted by Crippen LogP contribution is -2.43. The topological polar surface area (TPSA) is 97.4 Å². The second-order valence-corrected chi connectivity index (χ2v) is 8.30. The van der Waals surface area contributed by atoms with Crippen LogP contribution in [-0.2, 0) is 15.3 Å². The predicted molar refractivity (Wildman–Crippen MR) is 113 cm³/mol. The van der Waals surface area contributed by atoms with E-state index in [-0.39, 0.29) is 0 Å². The first kappa shape index (κ1) is 20.8. The quantitative estimate of drug-likeness (QED) is 0.459. The molecule has 1 atom stereocenters. The fourth-order valence-corrected chi connectivity index (χ4v) is 4.38. The number of carbonyl (C=O) groups is 3. The first-order chi connectivity index (χ1) is 14.0. The third-order valence-electron chi connectivity index (χ3n) is 3.94. The number of fused-ring (bicyclic) bond motifs is 1. The van der Waals surface area contributed by atoms with E-state index in [2.05, 4.69) is 15.6 Å². The van der Waals surface area contributed by atoms with Crippen LogP contribution in [-0.4, -0.2) is 36.0 Å². The van der Waals surface area contributed by atoms with Crippen molar-refractivity contribution in [2.45, 2.75) is 23.1 Å². The molecule has 0 aliphatic carbocycles. The Morgan fingerprint density at radius 1 is 1.14 bits per heavy atom. The van der Waals surface area contributed by atoms with Gasteiger partial charge in [0.15, 0.2) is 10.4 Å². The lowest BCUT2D eigenvalue weighted by molar-refractivity contribution is -0.127. The predicted octanol–water partition coefficient (Wildman–Crippen LogP) is 3.59. The van der Waals surface area contributed by atoms with Crippen molar-refractivity contribution in [3.63, 3.8) is 0 Å².